The van der Waals surface area contributed by atoms with E-state index in [1.165, 1.54) is 6.08 Å². The van der Waals surface area contributed by atoms with E-state index in [1.807, 2.05) is 6.92 Å². The summed E-state index contributed by atoms with van der Waals surface area (Å²) >= 11 is 0. The molecule has 0 aliphatic carbocycles. The number of nitrogens with one attached hydrogen (secondary N) is 1. The lowest BCUT2D eigenvalue weighted by Gasteiger charge is -2.05. The topological polar surface area (TPSA) is 105 Å². The number of benzene rings is 1. The third kappa shape index (κ3) is 3.75. The Kier molecular flexibility index (Phi) is 4.13. The summed E-state index contributed by atoms with van der Waals surface area (Å²) in [6, 6.07) is 4.97. The van der Waals surface area contributed by atoms with Crippen molar-refractivity contribution in [3.05, 3.63) is 46.9 Å². The number of aromatic nitrogens is 2. The van der Waals surface area contributed by atoms with Gasteiger partial charge >= 0.3 is 12.0 Å². The first-order valence-corrected chi connectivity index (χ1v) is 6.09. The zero-order chi connectivity index (χ0) is 15.4. The van der Waals surface area contributed by atoms with E-state index in [2.05, 4.69) is 15.5 Å². The number of aryl methyl sites for hydroxylation is 2. The van der Waals surface area contributed by atoms with Crippen LogP contribution in [0.4, 0.5) is 6.01 Å². The molecule has 0 radical (unpaired) electrons. The van der Waals surface area contributed by atoms with Crippen molar-refractivity contribution in [2.45, 2.75) is 13.8 Å². The van der Waals surface area contributed by atoms with Crippen molar-refractivity contribution in [2.24, 2.45) is 0 Å². The van der Waals surface area contributed by atoms with E-state index in [0.717, 1.165) is 11.6 Å². The molecule has 0 spiro atoms. The van der Waals surface area contributed by atoms with Gasteiger partial charge < -0.3 is 9.52 Å². The van der Waals surface area contributed by atoms with E-state index in [9.17, 15) is 9.59 Å². The average Bonchev–Trinajstić information content (AvgIpc) is 2.83. The molecular formula is C14H13N3O4. The van der Waals surface area contributed by atoms with Gasteiger partial charge in [0.05, 0.1) is 0 Å². The molecular weight excluding hydrogens is 274 g/mol. The predicted octanol–water partition coefficient (Wildman–Crippen LogP) is 2.04. The van der Waals surface area contributed by atoms with Gasteiger partial charge in [-0.3, -0.25) is 10.1 Å². The molecule has 0 unspecified atom stereocenters. The van der Waals surface area contributed by atoms with Gasteiger partial charge in [0.1, 0.15) is 0 Å². The Balaban J connectivity index is 2.21. The van der Waals surface area contributed by atoms with Gasteiger partial charge in [-0.25, -0.2) is 4.79 Å². The van der Waals surface area contributed by atoms with Crippen LogP contribution < -0.4 is 5.32 Å². The molecule has 1 aromatic carbocycles. The zero-order valence-corrected chi connectivity index (χ0v) is 11.5. The molecule has 1 heterocycles. The van der Waals surface area contributed by atoms with Crippen molar-refractivity contribution in [3.8, 4) is 0 Å². The molecule has 0 fully saturated rings. The molecule has 2 aromatic rings. The van der Waals surface area contributed by atoms with Gasteiger partial charge in [0.15, 0.2) is 0 Å². The monoisotopic (exact) mass is 287 g/mol. The van der Waals surface area contributed by atoms with Crippen molar-refractivity contribution < 1.29 is 19.1 Å². The number of nitrogens with zero attached hydrogens (tertiary/aromatic N) is 2. The van der Waals surface area contributed by atoms with Crippen molar-refractivity contribution in [1.82, 2.24) is 10.2 Å². The fourth-order valence-corrected chi connectivity index (χ4v) is 1.64. The smallest absolute Gasteiger partial charge is 0.328 e. The Morgan fingerprint density at radius 3 is 2.67 bits per heavy atom. The molecule has 0 saturated carbocycles. The Labute approximate surface area is 120 Å². The number of carboxylic acid groups (broad SMARTS) is 1. The third-order valence-corrected chi connectivity index (χ3v) is 2.69. The van der Waals surface area contributed by atoms with Gasteiger partial charge in [-0.05, 0) is 36.3 Å². The number of aliphatic carboxylic acids is 1. The maximum Gasteiger partial charge on any atom is 0.328 e. The highest BCUT2D eigenvalue weighted by Gasteiger charge is 2.11. The second kappa shape index (κ2) is 6.00. The Morgan fingerprint density at radius 2 is 2.05 bits per heavy atom. The van der Waals surface area contributed by atoms with Crippen molar-refractivity contribution >= 4 is 24.0 Å². The molecule has 0 bridgehead atoms. The second-order valence-electron chi connectivity index (χ2n) is 4.32. The lowest BCUT2D eigenvalue weighted by Crippen LogP contribution is -2.12. The number of carbonyl (C=O) groups excluding carboxylic acids is 1. The van der Waals surface area contributed by atoms with Crippen LogP contribution in [0.1, 0.15) is 27.4 Å². The van der Waals surface area contributed by atoms with E-state index < -0.39 is 11.9 Å². The van der Waals surface area contributed by atoms with E-state index in [-0.39, 0.29) is 6.01 Å². The summed E-state index contributed by atoms with van der Waals surface area (Å²) in [6.45, 7) is 3.44. The summed E-state index contributed by atoms with van der Waals surface area (Å²) in [5, 5.41) is 18.4. The predicted molar refractivity (Wildman–Crippen MR) is 74.8 cm³/mol. The van der Waals surface area contributed by atoms with Gasteiger partial charge in [0.2, 0.25) is 5.89 Å². The molecule has 0 aliphatic rings. The van der Waals surface area contributed by atoms with E-state index in [1.54, 1.807) is 25.1 Å². The fourth-order valence-electron chi connectivity index (χ4n) is 1.64. The molecule has 0 aliphatic heterocycles. The minimum Gasteiger partial charge on any atom is -0.478 e. The average molecular weight is 287 g/mol. The van der Waals surface area contributed by atoms with E-state index in [0.29, 0.717) is 17.0 Å². The zero-order valence-electron chi connectivity index (χ0n) is 11.5. The molecule has 1 amide bonds. The van der Waals surface area contributed by atoms with Crippen LogP contribution in [0.5, 0.6) is 0 Å². The van der Waals surface area contributed by atoms with Gasteiger partial charge in [-0.1, -0.05) is 11.2 Å². The summed E-state index contributed by atoms with van der Waals surface area (Å²) in [4.78, 5) is 22.6. The molecule has 2 rings (SSSR count). The first kappa shape index (κ1) is 14.4. The van der Waals surface area contributed by atoms with Gasteiger partial charge in [0, 0.05) is 18.6 Å². The number of carbonyl (C=O) groups is 2. The number of hydrogen-bond acceptors (Lipinski definition) is 5. The van der Waals surface area contributed by atoms with Crippen LogP contribution in [0.3, 0.4) is 0 Å². The van der Waals surface area contributed by atoms with Crippen LogP contribution in [-0.2, 0) is 4.79 Å². The van der Waals surface area contributed by atoms with E-state index in [4.69, 9.17) is 9.52 Å². The number of carboxylic acids is 1. The Hall–Kier alpha value is -2.96. The first-order chi connectivity index (χ1) is 9.95. The highest BCUT2D eigenvalue weighted by Crippen LogP contribution is 2.15. The lowest BCUT2D eigenvalue weighted by molar-refractivity contribution is -0.131. The van der Waals surface area contributed by atoms with Crippen LogP contribution in [-0.4, -0.2) is 27.2 Å². The second-order valence-corrected chi connectivity index (χ2v) is 4.32. The van der Waals surface area contributed by atoms with Crippen molar-refractivity contribution in [1.29, 1.82) is 0 Å². The molecule has 2 N–H and O–H groups in total. The number of rotatable bonds is 4. The Bertz CT molecular complexity index is 719. The van der Waals surface area contributed by atoms with Crippen molar-refractivity contribution in [3.63, 3.8) is 0 Å². The van der Waals surface area contributed by atoms with Crippen LogP contribution in [0, 0.1) is 13.8 Å². The van der Waals surface area contributed by atoms with E-state index >= 15 is 0 Å². The summed E-state index contributed by atoms with van der Waals surface area (Å²) in [6.07, 6.45) is 2.46. The quantitative estimate of drug-likeness (QED) is 0.833. The highest BCUT2D eigenvalue weighted by molar-refractivity contribution is 6.03. The maximum atomic E-state index is 12.0. The summed E-state index contributed by atoms with van der Waals surface area (Å²) in [5.74, 6) is -1.12. The minimum atomic E-state index is -1.05. The molecule has 21 heavy (non-hydrogen) atoms. The summed E-state index contributed by atoms with van der Waals surface area (Å²) in [7, 11) is 0. The molecule has 0 atom stereocenters. The Morgan fingerprint density at radius 1 is 1.29 bits per heavy atom. The van der Waals surface area contributed by atoms with Gasteiger partial charge in [0.25, 0.3) is 5.91 Å². The SMILES string of the molecule is Cc1nnc(NC(=O)c2ccc(C)c(/C=C/C(=O)O)c2)o1. The summed E-state index contributed by atoms with van der Waals surface area (Å²) in [5.41, 5.74) is 1.87. The largest absolute Gasteiger partial charge is 0.478 e. The molecule has 7 nitrogen and oxygen atoms in total. The van der Waals surface area contributed by atoms with Crippen LogP contribution in [0.2, 0.25) is 0 Å². The summed E-state index contributed by atoms with van der Waals surface area (Å²) < 4.78 is 5.06. The van der Waals surface area contributed by atoms with Crippen LogP contribution >= 0.6 is 0 Å². The lowest BCUT2D eigenvalue weighted by atomic mass is 10.0. The molecule has 7 heteroatoms. The molecule has 108 valence electrons. The fraction of sp³-hybridized carbons (Fsp3) is 0.143. The number of anilines is 1. The highest BCUT2D eigenvalue weighted by atomic mass is 16.4. The standard InChI is InChI=1S/C14H13N3O4/c1-8-3-4-11(7-10(8)5-6-12(18)19)13(20)15-14-17-16-9(2)21-14/h3-7H,1-2H3,(H,18,19)(H,15,17,20)/b6-5+. The van der Waals surface area contributed by atoms with Crippen LogP contribution in [0.25, 0.3) is 6.08 Å². The number of amides is 1. The van der Waals surface area contributed by atoms with Gasteiger partial charge in [-0.2, -0.15) is 0 Å². The van der Waals surface area contributed by atoms with Crippen molar-refractivity contribution in [2.75, 3.05) is 5.32 Å². The minimum absolute atomic E-state index is 0.0145. The third-order valence-electron chi connectivity index (χ3n) is 2.69. The molecule has 1 aromatic heterocycles. The molecule has 0 saturated heterocycles. The normalized spacial score (nSPS) is 10.8. The van der Waals surface area contributed by atoms with Crippen LogP contribution in [0.15, 0.2) is 28.7 Å². The number of hydrogen-bond donors (Lipinski definition) is 2. The van der Waals surface area contributed by atoms with Gasteiger partial charge in [-0.15, -0.1) is 5.10 Å². The first-order valence-electron chi connectivity index (χ1n) is 6.09. The maximum absolute atomic E-state index is 12.0.